The van der Waals surface area contributed by atoms with E-state index in [0.717, 1.165) is 0 Å². The summed E-state index contributed by atoms with van der Waals surface area (Å²) in [7, 11) is 1.50. The lowest BCUT2D eigenvalue weighted by atomic mass is 10.0. The van der Waals surface area contributed by atoms with Crippen molar-refractivity contribution in [3.8, 4) is 0 Å². The Kier molecular flexibility index (Phi) is 7.23. The molecule has 4 N–H and O–H groups in total. The maximum Gasteiger partial charge on any atom is 0.242 e. The molecule has 0 spiro atoms. The maximum absolute atomic E-state index is 13.7. The predicted octanol–water partition coefficient (Wildman–Crippen LogP) is 0.954. The van der Waals surface area contributed by atoms with Crippen LogP contribution in [0.25, 0.3) is 0 Å². The second-order valence-electron chi connectivity index (χ2n) is 6.02. The lowest BCUT2D eigenvalue weighted by Gasteiger charge is -2.18. The number of carbonyl (C=O) groups excluding carboxylic acids is 2. The number of halogens is 1. The summed E-state index contributed by atoms with van der Waals surface area (Å²) in [5.74, 6) is -1.02. The van der Waals surface area contributed by atoms with Gasteiger partial charge in [-0.05, 0) is 30.2 Å². The summed E-state index contributed by atoms with van der Waals surface area (Å²) in [4.78, 5) is 28.5. The van der Waals surface area contributed by atoms with E-state index in [-0.39, 0.29) is 36.9 Å². The highest BCUT2D eigenvalue weighted by Gasteiger charge is 2.22. The number of rotatable bonds is 8. The Labute approximate surface area is 152 Å². The lowest BCUT2D eigenvalue weighted by Crippen LogP contribution is -2.48. The minimum Gasteiger partial charge on any atom is -0.357 e. The number of nitrogens with two attached hydrogens (primary N) is 1. The Morgan fingerprint density at radius 1 is 1.15 bits per heavy atom. The first-order valence-corrected chi connectivity index (χ1v) is 8.39. The fourth-order valence-electron chi connectivity index (χ4n) is 2.62. The largest absolute Gasteiger partial charge is 0.357 e. The topological polar surface area (TPSA) is 97.1 Å². The van der Waals surface area contributed by atoms with Crippen LogP contribution in [0.3, 0.4) is 0 Å². The van der Waals surface area contributed by atoms with Crippen molar-refractivity contribution in [2.24, 2.45) is 5.73 Å². The molecule has 0 saturated heterocycles. The van der Waals surface area contributed by atoms with Crippen LogP contribution < -0.4 is 16.4 Å². The molecule has 0 aliphatic carbocycles. The normalized spacial score (nSPS) is 12.9. The van der Waals surface area contributed by atoms with Crippen molar-refractivity contribution >= 4 is 11.8 Å². The van der Waals surface area contributed by atoms with Gasteiger partial charge in [0.2, 0.25) is 11.8 Å². The Bertz CT molecular complexity index is 739. The van der Waals surface area contributed by atoms with Crippen molar-refractivity contribution in [1.82, 2.24) is 15.6 Å². The van der Waals surface area contributed by atoms with Crippen molar-refractivity contribution in [3.05, 3.63) is 65.7 Å². The molecule has 2 rings (SSSR count). The SMILES string of the molecule is CNC(=O)[C@@H](Cc1ccccn1)NC(=O)C[C@H](N)Cc1ccccc1F. The predicted molar refractivity (Wildman–Crippen MR) is 96.6 cm³/mol. The van der Waals surface area contributed by atoms with Gasteiger partial charge in [0.05, 0.1) is 0 Å². The zero-order valence-corrected chi connectivity index (χ0v) is 14.6. The minimum atomic E-state index is -0.747. The molecule has 2 amide bonds. The number of hydrogen-bond donors (Lipinski definition) is 3. The minimum absolute atomic E-state index is 0.00987. The number of nitrogens with zero attached hydrogens (tertiary/aromatic N) is 1. The van der Waals surface area contributed by atoms with Gasteiger partial charge in [0, 0.05) is 37.8 Å². The van der Waals surface area contributed by atoms with Crippen LogP contribution in [0, 0.1) is 5.82 Å². The molecule has 7 heteroatoms. The monoisotopic (exact) mass is 358 g/mol. The van der Waals surface area contributed by atoms with Crippen LogP contribution >= 0.6 is 0 Å². The molecule has 2 atom stereocenters. The van der Waals surface area contributed by atoms with E-state index in [1.165, 1.54) is 13.1 Å². The molecule has 26 heavy (non-hydrogen) atoms. The summed E-state index contributed by atoms with van der Waals surface area (Å²) in [6.45, 7) is 0. The lowest BCUT2D eigenvalue weighted by molar-refractivity contribution is -0.128. The summed E-state index contributed by atoms with van der Waals surface area (Å²) in [6, 6.07) is 10.4. The fraction of sp³-hybridized carbons (Fsp3) is 0.316. The molecule has 6 nitrogen and oxygen atoms in total. The van der Waals surface area contributed by atoms with Crippen molar-refractivity contribution in [2.75, 3.05) is 7.05 Å². The van der Waals surface area contributed by atoms with E-state index in [4.69, 9.17) is 5.73 Å². The van der Waals surface area contributed by atoms with Crippen LogP contribution in [0.2, 0.25) is 0 Å². The summed E-state index contributed by atoms with van der Waals surface area (Å²) in [5.41, 5.74) is 7.13. The van der Waals surface area contributed by atoms with E-state index in [0.29, 0.717) is 11.3 Å². The van der Waals surface area contributed by atoms with Gasteiger partial charge in [0.25, 0.3) is 0 Å². The third kappa shape index (κ3) is 5.93. The van der Waals surface area contributed by atoms with Crippen LogP contribution in [0.5, 0.6) is 0 Å². The summed E-state index contributed by atoms with van der Waals surface area (Å²) < 4.78 is 13.7. The first-order chi connectivity index (χ1) is 12.5. The van der Waals surface area contributed by atoms with Gasteiger partial charge in [-0.2, -0.15) is 0 Å². The van der Waals surface area contributed by atoms with Gasteiger partial charge in [-0.25, -0.2) is 4.39 Å². The molecule has 0 bridgehead atoms. The van der Waals surface area contributed by atoms with Crippen molar-refractivity contribution in [1.29, 1.82) is 0 Å². The standard InChI is InChI=1S/C19H23FN4O2/c1-22-19(26)17(12-15-7-4-5-9-23-15)24-18(25)11-14(21)10-13-6-2-3-8-16(13)20/h2-9,14,17H,10-12,21H2,1H3,(H,22,26)(H,24,25)/t14-,17-/m1/s1. The Morgan fingerprint density at radius 2 is 1.88 bits per heavy atom. The number of hydrogen-bond acceptors (Lipinski definition) is 4. The molecule has 0 aliphatic heterocycles. The fourth-order valence-corrected chi connectivity index (χ4v) is 2.62. The van der Waals surface area contributed by atoms with Crippen LogP contribution in [-0.2, 0) is 22.4 Å². The molecule has 0 aliphatic rings. The second kappa shape index (κ2) is 9.62. The van der Waals surface area contributed by atoms with Gasteiger partial charge in [-0.15, -0.1) is 0 Å². The van der Waals surface area contributed by atoms with E-state index in [2.05, 4.69) is 15.6 Å². The number of nitrogens with one attached hydrogen (secondary N) is 2. The highest BCUT2D eigenvalue weighted by atomic mass is 19.1. The molecule has 0 fully saturated rings. The van der Waals surface area contributed by atoms with Gasteiger partial charge in [-0.3, -0.25) is 14.6 Å². The zero-order valence-electron chi connectivity index (χ0n) is 14.6. The smallest absolute Gasteiger partial charge is 0.242 e. The van der Waals surface area contributed by atoms with Crippen LogP contribution in [0.4, 0.5) is 4.39 Å². The number of pyridine rings is 1. The van der Waals surface area contributed by atoms with E-state index in [1.54, 1.807) is 36.5 Å². The van der Waals surface area contributed by atoms with Crippen LogP contribution in [0.1, 0.15) is 17.7 Å². The van der Waals surface area contributed by atoms with Crippen molar-refractivity contribution in [2.45, 2.75) is 31.3 Å². The van der Waals surface area contributed by atoms with E-state index < -0.39 is 12.1 Å². The number of likely N-dealkylation sites (N-methyl/N-ethyl adjacent to an activating group) is 1. The second-order valence-corrected chi connectivity index (χ2v) is 6.02. The van der Waals surface area contributed by atoms with Crippen LogP contribution in [-0.4, -0.2) is 35.9 Å². The zero-order chi connectivity index (χ0) is 18.9. The number of benzene rings is 1. The van der Waals surface area contributed by atoms with Gasteiger partial charge in [-0.1, -0.05) is 24.3 Å². The molecule has 1 heterocycles. The quantitative estimate of drug-likeness (QED) is 0.655. The maximum atomic E-state index is 13.7. The average Bonchev–Trinajstić information content (AvgIpc) is 2.63. The first-order valence-electron chi connectivity index (χ1n) is 8.39. The molecule has 0 saturated carbocycles. The third-order valence-electron chi connectivity index (χ3n) is 3.93. The highest BCUT2D eigenvalue weighted by Crippen LogP contribution is 2.10. The van der Waals surface area contributed by atoms with Crippen LogP contribution in [0.15, 0.2) is 48.7 Å². The molecule has 2 aromatic rings. The molecular formula is C19H23FN4O2. The Balaban J connectivity index is 1.93. The summed E-state index contributed by atoms with van der Waals surface area (Å²) in [6.07, 6.45) is 2.13. The average molecular weight is 358 g/mol. The summed E-state index contributed by atoms with van der Waals surface area (Å²) in [5, 5.41) is 5.21. The molecule has 0 unspecified atom stereocenters. The highest BCUT2D eigenvalue weighted by molar-refractivity contribution is 5.87. The Hall–Kier alpha value is -2.80. The van der Waals surface area contributed by atoms with Gasteiger partial charge in [0.1, 0.15) is 11.9 Å². The van der Waals surface area contributed by atoms with E-state index in [9.17, 15) is 14.0 Å². The van der Waals surface area contributed by atoms with Gasteiger partial charge < -0.3 is 16.4 Å². The Morgan fingerprint density at radius 3 is 2.54 bits per heavy atom. The molecular weight excluding hydrogens is 335 g/mol. The third-order valence-corrected chi connectivity index (χ3v) is 3.93. The molecule has 138 valence electrons. The summed E-state index contributed by atoms with van der Waals surface area (Å²) >= 11 is 0. The van der Waals surface area contributed by atoms with Gasteiger partial charge in [0.15, 0.2) is 0 Å². The van der Waals surface area contributed by atoms with Crippen molar-refractivity contribution in [3.63, 3.8) is 0 Å². The van der Waals surface area contributed by atoms with E-state index in [1.807, 2.05) is 6.07 Å². The number of aromatic nitrogens is 1. The van der Waals surface area contributed by atoms with E-state index >= 15 is 0 Å². The first kappa shape index (κ1) is 19.5. The molecule has 1 aromatic carbocycles. The molecule has 1 aromatic heterocycles. The number of amides is 2. The van der Waals surface area contributed by atoms with Crippen molar-refractivity contribution < 1.29 is 14.0 Å². The van der Waals surface area contributed by atoms with Gasteiger partial charge >= 0.3 is 0 Å². The molecule has 0 radical (unpaired) electrons. The number of carbonyl (C=O) groups is 2.